The highest BCUT2D eigenvalue weighted by molar-refractivity contribution is 5.70. The third-order valence-corrected chi connectivity index (χ3v) is 2.98. The Balaban J connectivity index is 2.13. The van der Waals surface area contributed by atoms with Crippen molar-refractivity contribution in [1.82, 2.24) is 0 Å². The van der Waals surface area contributed by atoms with Crippen LogP contribution in [0.3, 0.4) is 0 Å². The molecular formula is C13H16O4. The molecule has 0 spiro atoms. The standard InChI is InChI=1S/C13H16O4/c1-16-13(15)7-12(14)10-2-3-11-8-17-5-4-9(11)6-10/h2-3,6,12,14H,4-5,7-8H2,1H3. The fourth-order valence-corrected chi connectivity index (χ4v) is 1.95. The fourth-order valence-electron chi connectivity index (χ4n) is 1.95. The van der Waals surface area contributed by atoms with Gasteiger partial charge >= 0.3 is 5.97 Å². The van der Waals surface area contributed by atoms with Gasteiger partial charge in [-0.25, -0.2) is 0 Å². The van der Waals surface area contributed by atoms with Crippen molar-refractivity contribution in [2.24, 2.45) is 0 Å². The van der Waals surface area contributed by atoms with E-state index in [1.807, 2.05) is 18.2 Å². The van der Waals surface area contributed by atoms with Crippen molar-refractivity contribution in [2.45, 2.75) is 25.6 Å². The lowest BCUT2D eigenvalue weighted by Crippen LogP contribution is -2.12. The van der Waals surface area contributed by atoms with Gasteiger partial charge in [-0.1, -0.05) is 18.2 Å². The summed E-state index contributed by atoms with van der Waals surface area (Å²) in [4.78, 5) is 11.1. The Morgan fingerprint density at radius 2 is 2.35 bits per heavy atom. The van der Waals surface area contributed by atoms with Gasteiger partial charge in [0.15, 0.2) is 0 Å². The molecular weight excluding hydrogens is 220 g/mol. The molecule has 0 radical (unpaired) electrons. The van der Waals surface area contributed by atoms with Gasteiger partial charge in [0.05, 0.1) is 32.8 Å². The maximum atomic E-state index is 11.1. The van der Waals surface area contributed by atoms with Gasteiger partial charge in [0, 0.05) is 0 Å². The molecule has 0 amide bonds. The van der Waals surface area contributed by atoms with Crippen LogP contribution >= 0.6 is 0 Å². The SMILES string of the molecule is COC(=O)CC(O)c1ccc2c(c1)CCOC2. The summed E-state index contributed by atoms with van der Waals surface area (Å²) in [7, 11) is 1.32. The molecule has 0 fully saturated rings. The largest absolute Gasteiger partial charge is 0.469 e. The lowest BCUT2D eigenvalue weighted by atomic mass is 9.97. The Morgan fingerprint density at radius 1 is 1.53 bits per heavy atom. The Hall–Kier alpha value is -1.39. The van der Waals surface area contributed by atoms with Crippen molar-refractivity contribution in [3.05, 3.63) is 34.9 Å². The van der Waals surface area contributed by atoms with Crippen LogP contribution in [0.4, 0.5) is 0 Å². The summed E-state index contributed by atoms with van der Waals surface area (Å²) in [6.07, 6.45) is 0.0514. The van der Waals surface area contributed by atoms with E-state index in [1.54, 1.807) is 0 Å². The first-order valence-electron chi connectivity index (χ1n) is 5.65. The van der Waals surface area contributed by atoms with E-state index < -0.39 is 12.1 Å². The molecule has 0 saturated heterocycles. The monoisotopic (exact) mass is 236 g/mol. The molecule has 4 heteroatoms. The van der Waals surface area contributed by atoms with E-state index in [9.17, 15) is 9.90 Å². The van der Waals surface area contributed by atoms with Gasteiger partial charge in [-0.15, -0.1) is 0 Å². The summed E-state index contributed by atoms with van der Waals surface area (Å²) >= 11 is 0. The van der Waals surface area contributed by atoms with Gasteiger partial charge in [-0.2, -0.15) is 0 Å². The normalized spacial score (nSPS) is 16.1. The summed E-state index contributed by atoms with van der Waals surface area (Å²) < 4.78 is 9.88. The van der Waals surface area contributed by atoms with Crippen LogP contribution in [0.5, 0.6) is 0 Å². The van der Waals surface area contributed by atoms with Crippen LogP contribution in [0.2, 0.25) is 0 Å². The van der Waals surface area contributed by atoms with Crippen molar-refractivity contribution in [3.63, 3.8) is 0 Å². The number of carbonyl (C=O) groups excluding carboxylic acids is 1. The maximum Gasteiger partial charge on any atom is 0.308 e. The molecule has 92 valence electrons. The summed E-state index contributed by atoms with van der Waals surface area (Å²) in [6, 6.07) is 5.73. The Kier molecular flexibility index (Phi) is 3.76. The van der Waals surface area contributed by atoms with Gasteiger partial charge in [0.25, 0.3) is 0 Å². The van der Waals surface area contributed by atoms with Gasteiger partial charge < -0.3 is 14.6 Å². The molecule has 0 bridgehead atoms. The average Bonchev–Trinajstić information content (AvgIpc) is 2.38. The highest BCUT2D eigenvalue weighted by Crippen LogP contribution is 2.23. The summed E-state index contributed by atoms with van der Waals surface area (Å²) in [5.41, 5.74) is 3.11. The van der Waals surface area contributed by atoms with Gasteiger partial charge in [0.2, 0.25) is 0 Å². The van der Waals surface area contributed by atoms with Crippen LogP contribution in [0.25, 0.3) is 0 Å². The van der Waals surface area contributed by atoms with Crippen LogP contribution in [0.15, 0.2) is 18.2 Å². The molecule has 0 saturated carbocycles. The Morgan fingerprint density at radius 3 is 3.12 bits per heavy atom. The predicted octanol–water partition coefficient (Wildman–Crippen LogP) is 1.36. The topological polar surface area (TPSA) is 55.8 Å². The third kappa shape index (κ3) is 2.84. The van der Waals surface area contributed by atoms with E-state index >= 15 is 0 Å². The second kappa shape index (κ2) is 5.29. The number of hydrogen-bond donors (Lipinski definition) is 1. The number of fused-ring (bicyclic) bond motifs is 1. The molecule has 1 N–H and O–H groups in total. The average molecular weight is 236 g/mol. The first-order valence-corrected chi connectivity index (χ1v) is 5.65. The van der Waals surface area contributed by atoms with E-state index in [1.165, 1.54) is 12.7 Å². The van der Waals surface area contributed by atoms with Gasteiger partial charge in [-0.05, 0) is 23.1 Å². The van der Waals surface area contributed by atoms with Crippen LogP contribution in [0, 0.1) is 0 Å². The van der Waals surface area contributed by atoms with Crippen molar-refractivity contribution in [1.29, 1.82) is 0 Å². The van der Waals surface area contributed by atoms with Crippen LogP contribution in [-0.4, -0.2) is 24.8 Å². The van der Waals surface area contributed by atoms with E-state index in [-0.39, 0.29) is 6.42 Å². The molecule has 2 rings (SSSR count). The number of aliphatic hydroxyl groups is 1. The van der Waals surface area contributed by atoms with E-state index in [0.29, 0.717) is 13.2 Å². The number of esters is 1. The van der Waals surface area contributed by atoms with E-state index in [2.05, 4.69) is 4.74 Å². The number of methoxy groups -OCH3 is 1. The summed E-state index contributed by atoms with van der Waals surface area (Å²) in [5, 5.41) is 9.89. The van der Waals surface area contributed by atoms with Crippen molar-refractivity contribution >= 4 is 5.97 Å². The van der Waals surface area contributed by atoms with Crippen LogP contribution < -0.4 is 0 Å². The van der Waals surface area contributed by atoms with E-state index in [4.69, 9.17) is 4.74 Å². The lowest BCUT2D eigenvalue weighted by Gasteiger charge is -2.18. The highest BCUT2D eigenvalue weighted by atomic mass is 16.5. The zero-order valence-electron chi connectivity index (χ0n) is 9.81. The molecule has 1 aliphatic heterocycles. The number of aliphatic hydroxyl groups excluding tert-OH is 1. The first-order chi connectivity index (χ1) is 8.20. The van der Waals surface area contributed by atoms with E-state index in [0.717, 1.165) is 17.5 Å². The number of benzene rings is 1. The molecule has 0 aromatic heterocycles. The van der Waals surface area contributed by atoms with Gasteiger partial charge in [0.1, 0.15) is 0 Å². The van der Waals surface area contributed by atoms with Crippen LogP contribution in [0.1, 0.15) is 29.2 Å². The second-order valence-corrected chi connectivity index (χ2v) is 4.13. The van der Waals surface area contributed by atoms with Crippen molar-refractivity contribution in [3.8, 4) is 0 Å². The Labute approximate surface area is 100 Å². The molecule has 4 nitrogen and oxygen atoms in total. The maximum absolute atomic E-state index is 11.1. The number of rotatable bonds is 3. The quantitative estimate of drug-likeness (QED) is 0.805. The highest BCUT2D eigenvalue weighted by Gasteiger charge is 2.16. The summed E-state index contributed by atoms with van der Waals surface area (Å²) in [5.74, 6) is -0.404. The van der Waals surface area contributed by atoms with Crippen LogP contribution in [-0.2, 0) is 27.3 Å². The summed E-state index contributed by atoms with van der Waals surface area (Å²) in [6.45, 7) is 1.34. The lowest BCUT2D eigenvalue weighted by molar-refractivity contribution is -0.142. The number of ether oxygens (including phenoxy) is 2. The molecule has 1 aromatic rings. The Bertz CT molecular complexity index is 414. The zero-order valence-corrected chi connectivity index (χ0v) is 9.81. The molecule has 1 unspecified atom stereocenters. The first kappa shape index (κ1) is 12.1. The second-order valence-electron chi connectivity index (χ2n) is 4.13. The minimum Gasteiger partial charge on any atom is -0.469 e. The molecule has 1 aliphatic rings. The molecule has 1 atom stereocenters. The van der Waals surface area contributed by atoms with Crippen molar-refractivity contribution < 1.29 is 19.4 Å². The van der Waals surface area contributed by atoms with Crippen molar-refractivity contribution in [2.75, 3.05) is 13.7 Å². The predicted molar refractivity (Wildman–Crippen MR) is 61.4 cm³/mol. The fraction of sp³-hybridized carbons (Fsp3) is 0.462. The smallest absolute Gasteiger partial charge is 0.308 e. The molecule has 17 heavy (non-hydrogen) atoms. The number of hydrogen-bond acceptors (Lipinski definition) is 4. The zero-order chi connectivity index (χ0) is 12.3. The minimum atomic E-state index is -0.796. The molecule has 0 aliphatic carbocycles. The molecule has 1 heterocycles. The van der Waals surface area contributed by atoms with Gasteiger partial charge in [-0.3, -0.25) is 4.79 Å². The third-order valence-electron chi connectivity index (χ3n) is 2.98. The minimum absolute atomic E-state index is 0.00815. The molecule has 1 aromatic carbocycles. The number of carbonyl (C=O) groups is 1.